The SMILES string of the molecule is CC(=O)NC[C@H]1CN(c2ccc(-c3ccc(N4C[C@H](CNC(=O)NCCN)OC4=O)cc3F)c(F)c2)C(=O)O1. The molecule has 0 radical (unpaired) electrons. The Hall–Kier alpha value is -4.46. The van der Waals surface area contributed by atoms with Crippen LogP contribution in [-0.4, -0.2) is 75.6 Å². The first-order chi connectivity index (χ1) is 18.7. The summed E-state index contributed by atoms with van der Waals surface area (Å²) in [7, 11) is 0. The maximum absolute atomic E-state index is 15.1. The van der Waals surface area contributed by atoms with E-state index >= 15 is 8.78 Å². The average Bonchev–Trinajstić information content (AvgIpc) is 3.46. The Morgan fingerprint density at radius 2 is 1.36 bits per heavy atom. The molecule has 5 amide bonds. The smallest absolute Gasteiger partial charge is 0.414 e. The molecule has 2 saturated heterocycles. The van der Waals surface area contributed by atoms with Gasteiger partial charge in [-0.25, -0.2) is 23.2 Å². The minimum absolute atomic E-state index is 0.0419. The maximum atomic E-state index is 15.1. The summed E-state index contributed by atoms with van der Waals surface area (Å²) in [6.07, 6.45) is -2.63. The molecule has 2 atom stereocenters. The number of urea groups is 1. The molecule has 5 N–H and O–H groups in total. The van der Waals surface area contributed by atoms with Gasteiger partial charge in [0.25, 0.3) is 0 Å². The second-order valence-electron chi connectivity index (χ2n) is 8.92. The van der Waals surface area contributed by atoms with Crippen LogP contribution in [0.1, 0.15) is 6.92 Å². The second-order valence-corrected chi connectivity index (χ2v) is 8.92. The molecule has 2 aliphatic rings. The molecule has 2 fully saturated rings. The van der Waals surface area contributed by atoms with Gasteiger partial charge in [0.2, 0.25) is 5.91 Å². The number of hydrogen-bond acceptors (Lipinski definition) is 7. The van der Waals surface area contributed by atoms with Gasteiger partial charge in [0, 0.05) is 31.1 Å². The first-order valence-corrected chi connectivity index (χ1v) is 12.2. The summed E-state index contributed by atoms with van der Waals surface area (Å²) in [5, 5.41) is 7.66. The Morgan fingerprint density at radius 3 is 1.79 bits per heavy atom. The van der Waals surface area contributed by atoms with Gasteiger partial charge in [0.15, 0.2) is 0 Å². The molecule has 14 heteroatoms. The topological polar surface area (TPSA) is 155 Å². The number of halogens is 2. The molecule has 208 valence electrons. The number of carbonyl (C=O) groups excluding carboxylic acids is 4. The number of carbonyl (C=O) groups is 4. The Kier molecular flexibility index (Phi) is 8.44. The number of rotatable bonds is 9. The van der Waals surface area contributed by atoms with Gasteiger partial charge < -0.3 is 31.2 Å². The summed E-state index contributed by atoms with van der Waals surface area (Å²) in [5.41, 5.74) is 5.67. The van der Waals surface area contributed by atoms with E-state index in [1.165, 1.54) is 41.0 Å². The summed E-state index contributed by atoms with van der Waals surface area (Å²) in [6.45, 7) is 2.28. The summed E-state index contributed by atoms with van der Waals surface area (Å²) >= 11 is 0. The van der Waals surface area contributed by atoms with Gasteiger partial charge in [-0.1, -0.05) is 0 Å². The van der Waals surface area contributed by atoms with Crippen molar-refractivity contribution in [2.45, 2.75) is 19.1 Å². The van der Waals surface area contributed by atoms with Crippen molar-refractivity contribution < 1.29 is 37.4 Å². The Bertz CT molecular complexity index is 1280. The van der Waals surface area contributed by atoms with E-state index in [1.54, 1.807) is 0 Å². The predicted octanol–water partition coefficient (Wildman–Crippen LogP) is 1.68. The van der Waals surface area contributed by atoms with Crippen LogP contribution in [0.15, 0.2) is 36.4 Å². The van der Waals surface area contributed by atoms with Crippen molar-refractivity contribution >= 4 is 35.5 Å². The number of benzene rings is 2. The fourth-order valence-electron chi connectivity index (χ4n) is 4.17. The molecule has 2 aromatic carbocycles. The van der Waals surface area contributed by atoms with Crippen LogP contribution in [0.4, 0.5) is 34.5 Å². The van der Waals surface area contributed by atoms with Gasteiger partial charge in [0.05, 0.1) is 37.6 Å². The Labute approximate surface area is 222 Å². The lowest BCUT2D eigenvalue weighted by Gasteiger charge is -2.16. The van der Waals surface area contributed by atoms with Crippen molar-refractivity contribution in [3.05, 3.63) is 48.0 Å². The van der Waals surface area contributed by atoms with Crippen molar-refractivity contribution in [1.82, 2.24) is 16.0 Å². The van der Waals surface area contributed by atoms with Crippen LogP contribution in [0.3, 0.4) is 0 Å². The maximum Gasteiger partial charge on any atom is 0.414 e. The first kappa shape index (κ1) is 27.6. The number of nitrogens with two attached hydrogens (primary N) is 1. The quantitative estimate of drug-likeness (QED) is 0.373. The average molecular weight is 547 g/mol. The lowest BCUT2D eigenvalue weighted by molar-refractivity contribution is -0.119. The zero-order valence-electron chi connectivity index (χ0n) is 21.0. The van der Waals surface area contributed by atoms with E-state index in [-0.39, 0.29) is 61.1 Å². The molecule has 0 bridgehead atoms. The monoisotopic (exact) mass is 546 g/mol. The fourth-order valence-corrected chi connectivity index (χ4v) is 4.17. The highest BCUT2D eigenvalue weighted by molar-refractivity contribution is 5.91. The molecule has 39 heavy (non-hydrogen) atoms. The molecular weight excluding hydrogens is 518 g/mol. The zero-order chi connectivity index (χ0) is 28.1. The molecule has 0 saturated carbocycles. The molecule has 0 unspecified atom stereocenters. The van der Waals surface area contributed by atoms with Crippen molar-refractivity contribution in [3.63, 3.8) is 0 Å². The molecule has 2 aromatic rings. The lowest BCUT2D eigenvalue weighted by Crippen LogP contribution is -2.42. The van der Waals surface area contributed by atoms with Crippen molar-refractivity contribution in [2.75, 3.05) is 49.1 Å². The van der Waals surface area contributed by atoms with E-state index in [1.807, 2.05) is 0 Å². The molecule has 4 rings (SSSR count). The number of nitrogens with zero attached hydrogens (tertiary/aromatic N) is 2. The third-order valence-corrected chi connectivity index (χ3v) is 6.07. The summed E-state index contributed by atoms with van der Waals surface area (Å²) < 4.78 is 40.6. The predicted molar refractivity (Wildman–Crippen MR) is 136 cm³/mol. The van der Waals surface area contributed by atoms with Crippen LogP contribution in [0, 0.1) is 11.6 Å². The third kappa shape index (κ3) is 6.52. The third-order valence-electron chi connectivity index (χ3n) is 6.07. The van der Waals surface area contributed by atoms with Gasteiger partial charge in [0.1, 0.15) is 23.8 Å². The van der Waals surface area contributed by atoms with Gasteiger partial charge >= 0.3 is 18.2 Å². The molecule has 2 aliphatic heterocycles. The number of hydrogen-bond donors (Lipinski definition) is 4. The number of nitrogens with one attached hydrogen (secondary N) is 3. The molecule has 2 heterocycles. The summed E-state index contributed by atoms with van der Waals surface area (Å²) in [6, 6.07) is 7.36. The number of anilines is 2. The van der Waals surface area contributed by atoms with E-state index in [4.69, 9.17) is 15.2 Å². The van der Waals surface area contributed by atoms with Crippen LogP contribution in [-0.2, 0) is 14.3 Å². The van der Waals surface area contributed by atoms with Gasteiger partial charge in [-0.2, -0.15) is 0 Å². The van der Waals surface area contributed by atoms with E-state index in [0.29, 0.717) is 6.54 Å². The van der Waals surface area contributed by atoms with Gasteiger partial charge in [-0.3, -0.25) is 14.6 Å². The Morgan fingerprint density at radius 1 is 0.872 bits per heavy atom. The van der Waals surface area contributed by atoms with E-state index in [9.17, 15) is 19.2 Å². The van der Waals surface area contributed by atoms with Crippen LogP contribution < -0.4 is 31.5 Å². The Balaban J connectivity index is 1.42. The summed E-state index contributed by atoms with van der Waals surface area (Å²) in [5.74, 6) is -1.81. The molecular formula is C25H28F2N6O6. The van der Waals surface area contributed by atoms with Gasteiger partial charge in [-0.05, 0) is 36.4 Å². The number of ether oxygens (including phenoxy) is 2. The minimum Gasteiger partial charge on any atom is -0.442 e. The molecule has 0 spiro atoms. The molecule has 0 aromatic heterocycles. The van der Waals surface area contributed by atoms with E-state index < -0.39 is 42.1 Å². The van der Waals surface area contributed by atoms with Crippen LogP contribution in [0.2, 0.25) is 0 Å². The molecule has 0 aliphatic carbocycles. The van der Waals surface area contributed by atoms with Crippen LogP contribution in [0.25, 0.3) is 11.1 Å². The van der Waals surface area contributed by atoms with Gasteiger partial charge in [-0.15, -0.1) is 0 Å². The molecule has 12 nitrogen and oxygen atoms in total. The highest BCUT2D eigenvalue weighted by Crippen LogP contribution is 2.33. The second kappa shape index (κ2) is 11.9. The normalized spacial score (nSPS) is 18.6. The van der Waals surface area contributed by atoms with Crippen molar-refractivity contribution in [1.29, 1.82) is 0 Å². The van der Waals surface area contributed by atoms with Crippen LogP contribution >= 0.6 is 0 Å². The minimum atomic E-state index is -0.773. The van der Waals surface area contributed by atoms with Crippen molar-refractivity contribution in [3.8, 4) is 11.1 Å². The van der Waals surface area contributed by atoms with Crippen molar-refractivity contribution in [2.24, 2.45) is 5.73 Å². The zero-order valence-corrected chi connectivity index (χ0v) is 21.0. The highest BCUT2D eigenvalue weighted by atomic mass is 19.1. The standard InChI is InChI=1S/C25H28F2N6O6/c1-14(34)30-10-17-12-32(24(36)38-17)15-2-4-19(21(26)8-15)20-5-3-16(9-22(20)27)33-13-18(39-25(33)37)11-31-23(35)29-7-6-28/h2-5,8-9,17-18H,6-7,10-13,28H2,1H3,(H,30,34)(H2,29,31,35)/t17-,18-/m0/s1. The number of amides is 5. The van der Waals surface area contributed by atoms with E-state index in [0.717, 1.165) is 12.1 Å². The highest BCUT2D eigenvalue weighted by Gasteiger charge is 2.34. The number of cyclic esters (lactones) is 2. The fraction of sp³-hybridized carbons (Fsp3) is 0.360. The van der Waals surface area contributed by atoms with E-state index in [2.05, 4.69) is 16.0 Å². The first-order valence-electron chi connectivity index (χ1n) is 12.2. The van der Waals surface area contributed by atoms with Crippen LogP contribution in [0.5, 0.6) is 0 Å². The summed E-state index contributed by atoms with van der Waals surface area (Å²) in [4.78, 5) is 49.7. The largest absolute Gasteiger partial charge is 0.442 e. The lowest BCUT2D eigenvalue weighted by atomic mass is 10.0.